The number of carbonyl (C=O) groups excluding carboxylic acids is 1. The second kappa shape index (κ2) is 16.7. The molecule has 3 atom stereocenters. The Hall–Kier alpha value is -3.56. The number of hydrogen-bond donors (Lipinski definition) is 3. The van der Waals surface area contributed by atoms with E-state index in [9.17, 15) is 14.7 Å². The first-order valence-corrected chi connectivity index (χ1v) is 16.4. The molecule has 2 aliphatic rings. The van der Waals surface area contributed by atoms with Gasteiger partial charge in [-0.2, -0.15) is 0 Å². The van der Waals surface area contributed by atoms with Gasteiger partial charge in [0.25, 0.3) is 0 Å². The Morgan fingerprint density at radius 3 is 2.27 bits per heavy atom. The smallest absolute Gasteiger partial charge is 0.303 e. The SMILES string of the molecule is O=C(O)CCCCCC(=O)NCc1cccc(-c2ccc(C3OC(CN4CCCCC4)CC(c4ccc(CO)cc4)O3)cc2)c1. The standard InChI is InChI=1S/C37H46N2O6/c40-26-27-12-14-30(15-13-27)34-23-33(25-39-20-5-2-6-21-39)44-37(45-34)31-18-16-29(17-19-31)32-9-7-8-28(22-32)24-38-35(41)10-3-1-4-11-36(42)43/h7-9,12-19,22,33-34,37,40H,1-6,10-11,20-21,23-26H2,(H,38,41)(H,42,43). The summed E-state index contributed by atoms with van der Waals surface area (Å²) < 4.78 is 13.1. The Labute approximate surface area is 266 Å². The predicted molar refractivity (Wildman–Crippen MR) is 173 cm³/mol. The van der Waals surface area contributed by atoms with Crippen LogP contribution in [0.2, 0.25) is 0 Å². The number of ether oxygens (including phenoxy) is 2. The van der Waals surface area contributed by atoms with E-state index in [1.807, 2.05) is 24.3 Å². The van der Waals surface area contributed by atoms with Gasteiger partial charge in [0.1, 0.15) is 0 Å². The number of aliphatic hydroxyl groups excluding tert-OH is 1. The molecule has 5 rings (SSSR count). The maximum atomic E-state index is 12.3. The molecule has 0 saturated carbocycles. The third kappa shape index (κ3) is 9.96. The van der Waals surface area contributed by atoms with Gasteiger partial charge in [0.05, 0.1) is 18.8 Å². The summed E-state index contributed by atoms with van der Waals surface area (Å²) in [5.74, 6) is -0.814. The van der Waals surface area contributed by atoms with Crippen LogP contribution in [0.3, 0.4) is 0 Å². The summed E-state index contributed by atoms with van der Waals surface area (Å²) in [5.41, 5.74) is 6.12. The minimum absolute atomic E-state index is 0.0196. The molecule has 2 saturated heterocycles. The first-order chi connectivity index (χ1) is 22.0. The number of hydrogen-bond acceptors (Lipinski definition) is 6. The summed E-state index contributed by atoms with van der Waals surface area (Å²) in [4.78, 5) is 25.4. The molecule has 240 valence electrons. The number of likely N-dealkylation sites (tertiary alicyclic amines) is 1. The van der Waals surface area contributed by atoms with Crippen LogP contribution in [0.4, 0.5) is 0 Å². The van der Waals surface area contributed by atoms with E-state index in [0.717, 1.165) is 65.9 Å². The topological polar surface area (TPSA) is 108 Å². The van der Waals surface area contributed by atoms with Crippen LogP contribution in [0.15, 0.2) is 72.8 Å². The molecule has 3 aromatic carbocycles. The maximum absolute atomic E-state index is 12.3. The summed E-state index contributed by atoms with van der Waals surface area (Å²) in [6.45, 7) is 3.61. The lowest BCUT2D eigenvalue weighted by Gasteiger charge is -2.39. The van der Waals surface area contributed by atoms with Gasteiger partial charge < -0.3 is 29.9 Å². The highest BCUT2D eigenvalue weighted by Crippen LogP contribution is 2.39. The van der Waals surface area contributed by atoms with Crippen molar-refractivity contribution in [2.45, 2.75) is 89.4 Å². The van der Waals surface area contributed by atoms with Crippen molar-refractivity contribution in [3.8, 4) is 11.1 Å². The largest absolute Gasteiger partial charge is 0.481 e. The molecule has 8 nitrogen and oxygen atoms in total. The van der Waals surface area contributed by atoms with Crippen molar-refractivity contribution < 1.29 is 29.3 Å². The molecule has 3 aromatic rings. The minimum atomic E-state index is -0.795. The van der Waals surface area contributed by atoms with Gasteiger partial charge in [-0.15, -0.1) is 0 Å². The summed E-state index contributed by atoms with van der Waals surface area (Å²) in [7, 11) is 0. The number of nitrogens with one attached hydrogen (secondary N) is 1. The van der Waals surface area contributed by atoms with Crippen molar-refractivity contribution in [3.05, 3.63) is 95.1 Å². The van der Waals surface area contributed by atoms with E-state index >= 15 is 0 Å². The number of aliphatic carboxylic acids is 1. The molecule has 0 radical (unpaired) electrons. The monoisotopic (exact) mass is 614 g/mol. The lowest BCUT2D eigenvalue weighted by molar-refractivity contribution is -0.253. The Morgan fingerprint density at radius 1 is 0.800 bits per heavy atom. The predicted octanol–water partition coefficient (Wildman–Crippen LogP) is 6.53. The van der Waals surface area contributed by atoms with Crippen LogP contribution >= 0.6 is 0 Å². The molecule has 2 heterocycles. The molecule has 2 fully saturated rings. The average molecular weight is 615 g/mol. The minimum Gasteiger partial charge on any atom is -0.481 e. The molecular formula is C37H46N2O6. The number of nitrogens with zero attached hydrogens (tertiary/aromatic N) is 1. The van der Waals surface area contributed by atoms with Gasteiger partial charge in [-0.1, -0.05) is 79.6 Å². The number of amides is 1. The molecule has 3 unspecified atom stereocenters. The van der Waals surface area contributed by atoms with Crippen LogP contribution in [0, 0.1) is 0 Å². The van der Waals surface area contributed by atoms with Crippen molar-refractivity contribution >= 4 is 11.9 Å². The fourth-order valence-electron chi connectivity index (χ4n) is 6.18. The summed E-state index contributed by atoms with van der Waals surface area (Å²) >= 11 is 0. The van der Waals surface area contributed by atoms with E-state index in [-0.39, 0.29) is 31.1 Å². The number of aliphatic hydroxyl groups is 1. The fraction of sp³-hybridized carbons (Fsp3) is 0.459. The van der Waals surface area contributed by atoms with Gasteiger partial charge in [0.2, 0.25) is 5.91 Å². The lowest BCUT2D eigenvalue weighted by Crippen LogP contribution is -2.41. The number of benzene rings is 3. The summed E-state index contributed by atoms with van der Waals surface area (Å²) in [6, 6.07) is 24.5. The maximum Gasteiger partial charge on any atom is 0.303 e. The highest BCUT2D eigenvalue weighted by Gasteiger charge is 2.33. The second-order valence-electron chi connectivity index (χ2n) is 12.3. The molecule has 0 aliphatic carbocycles. The van der Waals surface area contributed by atoms with Crippen LogP contribution < -0.4 is 5.32 Å². The van der Waals surface area contributed by atoms with Crippen molar-refractivity contribution in [1.82, 2.24) is 10.2 Å². The summed E-state index contributed by atoms with van der Waals surface area (Å²) in [5, 5.41) is 21.2. The number of piperidine rings is 1. The van der Waals surface area contributed by atoms with Gasteiger partial charge in [-0.25, -0.2) is 0 Å². The molecule has 1 amide bonds. The van der Waals surface area contributed by atoms with Crippen LogP contribution in [-0.4, -0.2) is 52.7 Å². The highest BCUT2D eigenvalue weighted by atomic mass is 16.7. The molecule has 0 bridgehead atoms. The Bertz CT molecular complexity index is 1370. The van der Waals surface area contributed by atoms with Gasteiger partial charge in [-0.05, 0) is 72.7 Å². The van der Waals surface area contributed by atoms with E-state index in [1.165, 1.54) is 19.3 Å². The van der Waals surface area contributed by atoms with Gasteiger partial charge >= 0.3 is 5.97 Å². The van der Waals surface area contributed by atoms with Crippen LogP contribution in [-0.2, 0) is 32.2 Å². The molecule has 45 heavy (non-hydrogen) atoms. The van der Waals surface area contributed by atoms with E-state index in [0.29, 0.717) is 25.8 Å². The molecule has 3 N–H and O–H groups in total. The first-order valence-electron chi connectivity index (χ1n) is 16.4. The average Bonchev–Trinajstić information content (AvgIpc) is 3.07. The Morgan fingerprint density at radius 2 is 1.53 bits per heavy atom. The Balaban J connectivity index is 1.21. The zero-order chi connectivity index (χ0) is 31.4. The molecule has 8 heteroatoms. The van der Waals surface area contributed by atoms with Gasteiger partial charge in [0, 0.05) is 37.9 Å². The van der Waals surface area contributed by atoms with Crippen molar-refractivity contribution in [2.75, 3.05) is 19.6 Å². The number of carboxylic acids is 1. The number of carboxylic acid groups (broad SMARTS) is 1. The van der Waals surface area contributed by atoms with E-state index in [4.69, 9.17) is 14.6 Å². The van der Waals surface area contributed by atoms with Crippen LogP contribution in [0.1, 0.15) is 92.4 Å². The van der Waals surface area contributed by atoms with E-state index in [1.54, 1.807) is 0 Å². The van der Waals surface area contributed by atoms with Crippen molar-refractivity contribution in [2.24, 2.45) is 0 Å². The fourth-order valence-corrected chi connectivity index (χ4v) is 6.18. The lowest BCUT2D eigenvalue weighted by atomic mass is 9.98. The van der Waals surface area contributed by atoms with Gasteiger partial charge in [-0.3, -0.25) is 9.59 Å². The highest BCUT2D eigenvalue weighted by molar-refractivity contribution is 5.76. The second-order valence-corrected chi connectivity index (χ2v) is 12.3. The number of carbonyl (C=O) groups is 2. The van der Waals surface area contributed by atoms with Crippen LogP contribution in [0.25, 0.3) is 11.1 Å². The van der Waals surface area contributed by atoms with Crippen molar-refractivity contribution in [1.29, 1.82) is 0 Å². The van der Waals surface area contributed by atoms with E-state index in [2.05, 4.69) is 58.7 Å². The van der Waals surface area contributed by atoms with Crippen LogP contribution in [0.5, 0.6) is 0 Å². The zero-order valence-corrected chi connectivity index (χ0v) is 26.0. The summed E-state index contributed by atoms with van der Waals surface area (Å²) in [6.07, 6.45) is 6.63. The molecule has 0 spiro atoms. The molecule has 2 aliphatic heterocycles. The quantitative estimate of drug-likeness (QED) is 0.177. The first kappa shape index (κ1) is 32.8. The molecular weight excluding hydrogens is 568 g/mol. The molecule has 0 aromatic heterocycles. The third-order valence-corrected chi connectivity index (χ3v) is 8.75. The Kier molecular flexibility index (Phi) is 12.2. The number of unbranched alkanes of at least 4 members (excludes halogenated alkanes) is 2. The zero-order valence-electron chi connectivity index (χ0n) is 26.0. The van der Waals surface area contributed by atoms with Crippen molar-refractivity contribution in [3.63, 3.8) is 0 Å². The van der Waals surface area contributed by atoms with Gasteiger partial charge in [0.15, 0.2) is 6.29 Å². The number of rotatable bonds is 14. The van der Waals surface area contributed by atoms with E-state index < -0.39 is 12.3 Å². The normalized spacial score (nSPS) is 20.5. The third-order valence-electron chi connectivity index (χ3n) is 8.75.